The zero-order valence-electron chi connectivity index (χ0n) is 12.2. The summed E-state index contributed by atoms with van der Waals surface area (Å²) in [5, 5.41) is 3.47. The van der Waals surface area contributed by atoms with Crippen LogP contribution in [0.4, 0.5) is 0 Å². The molecule has 1 aliphatic heterocycles. The van der Waals surface area contributed by atoms with E-state index in [1.807, 2.05) is 0 Å². The summed E-state index contributed by atoms with van der Waals surface area (Å²) in [7, 11) is 0. The molecule has 0 aliphatic carbocycles. The fourth-order valence-electron chi connectivity index (χ4n) is 2.48. The van der Waals surface area contributed by atoms with Gasteiger partial charge in [-0.1, -0.05) is 31.2 Å². The van der Waals surface area contributed by atoms with Gasteiger partial charge in [0.1, 0.15) is 0 Å². The monoisotopic (exact) mass is 278 g/mol. The van der Waals surface area contributed by atoms with Crippen LogP contribution in [0.15, 0.2) is 24.3 Å². The molecule has 0 bridgehead atoms. The van der Waals surface area contributed by atoms with E-state index in [4.69, 9.17) is 0 Å². The zero-order chi connectivity index (χ0) is 13.5. The van der Waals surface area contributed by atoms with E-state index in [2.05, 4.69) is 60.1 Å². The minimum atomic E-state index is 0.709. The molecular formula is C16H26N2S. The lowest BCUT2D eigenvalue weighted by atomic mass is 10.1. The largest absolute Gasteiger partial charge is 0.313 e. The van der Waals surface area contributed by atoms with Gasteiger partial charge in [0.2, 0.25) is 0 Å². The van der Waals surface area contributed by atoms with E-state index in [1.165, 1.54) is 35.6 Å². The number of hydrogen-bond acceptors (Lipinski definition) is 3. The van der Waals surface area contributed by atoms with Crippen LogP contribution in [0.1, 0.15) is 31.4 Å². The van der Waals surface area contributed by atoms with Crippen LogP contribution in [0, 0.1) is 0 Å². The maximum Gasteiger partial charge on any atom is 0.0237 e. The van der Waals surface area contributed by atoms with Gasteiger partial charge in [-0.15, -0.1) is 0 Å². The van der Waals surface area contributed by atoms with Gasteiger partial charge in [-0.3, -0.25) is 4.90 Å². The first kappa shape index (κ1) is 14.9. The molecule has 0 aromatic heterocycles. The SMILES string of the molecule is CCCNCc1cccc(CN2CCSCC2C)c1. The Bertz CT molecular complexity index is 381. The molecule has 1 fully saturated rings. The first-order valence-corrected chi connectivity index (χ1v) is 8.55. The van der Waals surface area contributed by atoms with Crippen molar-refractivity contribution < 1.29 is 0 Å². The van der Waals surface area contributed by atoms with Crippen LogP contribution in [0.2, 0.25) is 0 Å². The third-order valence-corrected chi connectivity index (χ3v) is 4.83. The lowest BCUT2D eigenvalue weighted by molar-refractivity contribution is 0.224. The predicted molar refractivity (Wildman–Crippen MR) is 85.6 cm³/mol. The Morgan fingerprint density at radius 2 is 2.21 bits per heavy atom. The summed E-state index contributed by atoms with van der Waals surface area (Å²) in [5.41, 5.74) is 2.86. The topological polar surface area (TPSA) is 15.3 Å². The molecule has 19 heavy (non-hydrogen) atoms. The van der Waals surface area contributed by atoms with Crippen LogP contribution in [-0.2, 0) is 13.1 Å². The standard InChI is InChI=1S/C16H26N2S/c1-3-7-17-11-15-5-4-6-16(10-15)12-18-8-9-19-13-14(18)2/h4-6,10,14,17H,3,7-9,11-13H2,1-2H3. The Morgan fingerprint density at radius 1 is 1.37 bits per heavy atom. The highest BCUT2D eigenvalue weighted by molar-refractivity contribution is 7.99. The van der Waals surface area contributed by atoms with Crippen molar-refractivity contribution in [3.8, 4) is 0 Å². The van der Waals surface area contributed by atoms with Crippen LogP contribution in [-0.4, -0.2) is 35.5 Å². The highest BCUT2D eigenvalue weighted by atomic mass is 32.2. The fourth-order valence-corrected chi connectivity index (χ4v) is 3.56. The molecule has 1 aliphatic rings. The molecule has 0 amide bonds. The van der Waals surface area contributed by atoms with Gasteiger partial charge in [0.25, 0.3) is 0 Å². The molecule has 106 valence electrons. The summed E-state index contributed by atoms with van der Waals surface area (Å²) >= 11 is 2.08. The predicted octanol–water partition coefficient (Wildman–Crippen LogP) is 3.12. The molecule has 3 heteroatoms. The summed E-state index contributed by atoms with van der Waals surface area (Å²) in [6.45, 7) is 8.98. The van der Waals surface area contributed by atoms with Gasteiger partial charge in [0.05, 0.1) is 0 Å². The molecule has 1 atom stereocenters. The smallest absolute Gasteiger partial charge is 0.0237 e. The molecule has 2 nitrogen and oxygen atoms in total. The van der Waals surface area contributed by atoms with Crippen LogP contribution in [0.25, 0.3) is 0 Å². The average Bonchev–Trinajstić information content (AvgIpc) is 2.42. The quantitative estimate of drug-likeness (QED) is 0.805. The average molecular weight is 278 g/mol. The van der Waals surface area contributed by atoms with E-state index in [0.717, 1.165) is 19.6 Å². The van der Waals surface area contributed by atoms with Crippen molar-refractivity contribution in [2.24, 2.45) is 0 Å². The highest BCUT2D eigenvalue weighted by Gasteiger charge is 2.18. The van der Waals surface area contributed by atoms with Gasteiger partial charge < -0.3 is 5.32 Å². The molecule has 1 aromatic carbocycles. The summed E-state index contributed by atoms with van der Waals surface area (Å²) in [4.78, 5) is 2.61. The first-order valence-electron chi connectivity index (χ1n) is 7.40. The second kappa shape index (κ2) is 7.93. The first-order chi connectivity index (χ1) is 9.29. The number of hydrogen-bond donors (Lipinski definition) is 1. The molecule has 0 saturated carbocycles. The molecule has 0 radical (unpaired) electrons. The second-order valence-corrected chi connectivity index (χ2v) is 6.54. The maximum absolute atomic E-state index is 3.47. The van der Waals surface area contributed by atoms with Crippen molar-refractivity contribution in [1.82, 2.24) is 10.2 Å². The number of nitrogens with one attached hydrogen (secondary N) is 1. The summed E-state index contributed by atoms with van der Waals surface area (Å²) in [5.74, 6) is 2.56. The minimum Gasteiger partial charge on any atom is -0.313 e. The highest BCUT2D eigenvalue weighted by Crippen LogP contribution is 2.19. The van der Waals surface area contributed by atoms with Crippen LogP contribution < -0.4 is 5.32 Å². The molecular weight excluding hydrogens is 252 g/mol. The second-order valence-electron chi connectivity index (χ2n) is 5.39. The lowest BCUT2D eigenvalue weighted by Gasteiger charge is -2.33. The summed E-state index contributed by atoms with van der Waals surface area (Å²) in [6.07, 6.45) is 1.20. The molecule has 1 unspecified atom stereocenters. The summed E-state index contributed by atoms with van der Waals surface area (Å²) in [6, 6.07) is 9.75. The number of rotatable bonds is 6. The molecule has 1 aromatic rings. The van der Waals surface area contributed by atoms with Crippen molar-refractivity contribution >= 4 is 11.8 Å². The van der Waals surface area contributed by atoms with Crippen molar-refractivity contribution in [1.29, 1.82) is 0 Å². The molecule has 1 heterocycles. The van der Waals surface area contributed by atoms with Crippen molar-refractivity contribution in [3.05, 3.63) is 35.4 Å². The van der Waals surface area contributed by atoms with Gasteiger partial charge in [-0.2, -0.15) is 11.8 Å². The van der Waals surface area contributed by atoms with E-state index < -0.39 is 0 Å². The third-order valence-electron chi connectivity index (χ3n) is 3.64. The van der Waals surface area contributed by atoms with Gasteiger partial charge in [0, 0.05) is 37.2 Å². The summed E-state index contributed by atoms with van der Waals surface area (Å²) < 4.78 is 0. The van der Waals surface area contributed by atoms with Crippen molar-refractivity contribution in [2.75, 3.05) is 24.6 Å². The van der Waals surface area contributed by atoms with E-state index >= 15 is 0 Å². The Kier molecular flexibility index (Phi) is 6.21. The number of nitrogens with zero attached hydrogens (tertiary/aromatic N) is 1. The van der Waals surface area contributed by atoms with Crippen molar-refractivity contribution in [2.45, 2.75) is 39.4 Å². The minimum absolute atomic E-state index is 0.709. The Balaban J connectivity index is 1.90. The maximum atomic E-state index is 3.47. The van der Waals surface area contributed by atoms with Gasteiger partial charge in [-0.05, 0) is 31.0 Å². The lowest BCUT2D eigenvalue weighted by Crippen LogP contribution is -2.39. The fraction of sp³-hybridized carbons (Fsp3) is 0.625. The van der Waals surface area contributed by atoms with Crippen LogP contribution in [0.3, 0.4) is 0 Å². The Morgan fingerprint density at radius 3 is 3.00 bits per heavy atom. The van der Waals surface area contributed by atoms with E-state index in [-0.39, 0.29) is 0 Å². The van der Waals surface area contributed by atoms with Crippen molar-refractivity contribution in [3.63, 3.8) is 0 Å². The Hall–Kier alpha value is -0.510. The van der Waals surface area contributed by atoms with Gasteiger partial charge in [0.15, 0.2) is 0 Å². The normalized spacial score (nSPS) is 20.6. The Labute approximate surface area is 122 Å². The van der Waals surface area contributed by atoms with E-state index in [9.17, 15) is 0 Å². The molecule has 0 spiro atoms. The molecule has 2 rings (SSSR count). The van der Waals surface area contributed by atoms with Gasteiger partial charge >= 0.3 is 0 Å². The van der Waals surface area contributed by atoms with E-state index in [0.29, 0.717) is 6.04 Å². The third kappa shape index (κ3) is 4.83. The molecule has 1 saturated heterocycles. The van der Waals surface area contributed by atoms with Gasteiger partial charge in [-0.25, -0.2) is 0 Å². The van der Waals surface area contributed by atoms with E-state index in [1.54, 1.807) is 0 Å². The zero-order valence-corrected chi connectivity index (χ0v) is 13.0. The van der Waals surface area contributed by atoms with Crippen LogP contribution in [0.5, 0.6) is 0 Å². The number of thioether (sulfide) groups is 1. The molecule has 1 N–H and O–H groups in total. The van der Waals surface area contributed by atoms with Crippen LogP contribution >= 0.6 is 11.8 Å². The number of benzene rings is 1.